The molecule has 0 bridgehead atoms. The van der Waals surface area contributed by atoms with Gasteiger partial charge in [-0.15, -0.1) is 0 Å². The average Bonchev–Trinajstić information content (AvgIpc) is 2.65. The van der Waals surface area contributed by atoms with Gasteiger partial charge in [-0.2, -0.15) is 0 Å². The second kappa shape index (κ2) is 8.33. The summed E-state index contributed by atoms with van der Waals surface area (Å²) in [4.78, 5) is 12.3. The van der Waals surface area contributed by atoms with Crippen LogP contribution in [0.4, 0.5) is 21.6 Å². The van der Waals surface area contributed by atoms with Crippen LogP contribution in [0.15, 0.2) is 58.2 Å². The Balaban J connectivity index is 2.08. The number of aromatic nitrogens is 1. The Hall–Kier alpha value is -2.11. The summed E-state index contributed by atoms with van der Waals surface area (Å²) in [6, 6.07) is 11.2. The van der Waals surface area contributed by atoms with Crippen LogP contribution in [0.1, 0.15) is 5.56 Å². The summed E-state index contributed by atoms with van der Waals surface area (Å²) in [5.41, 5.74) is 0.721. The van der Waals surface area contributed by atoms with Crippen molar-refractivity contribution < 1.29 is 12.8 Å². The van der Waals surface area contributed by atoms with Crippen molar-refractivity contribution in [2.45, 2.75) is 11.8 Å². The van der Waals surface area contributed by atoms with Crippen molar-refractivity contribution in [3.05, 3.63) is 78.9 Å². The second-order valence-corrected chi connectivity index (χ2v) is 9.60. The van der Waals surface area contributed by atoms with Gasteiger partial charge in [-0.25, -0.2) is 12.8 Å². The Labute approximate surface area is 185 Å². The molecule has 3 rings (SSSR count). The van der Waals surface area contributed by atoms with Crippen LogP contribution >= 0.6 is 34.2 Å². The molecule has 0 fully saturated rings. The van der Waals surface area contributed by atoms with Gasteiger partial charge in [0.2, 0.25) is 0 Å². The Morgan fingerprint density at radius 2 is 1.72 bits per heavy atom. The van der Waals surface area contributed by atoms with Crippen molar-refractivity contribution in [3.63, 3.8) is 0 Å². The zero-order valence-electron chi connectivity index (χ0n) is 15.3. The van der Waals surface area contributed by atoms with Crippen LogP contribution in [0.2, 0.25) is 5.02 Å². The quantitative estimate of drug-likeness (QED) is 0.457. The van der Waals surface area contributed by atoms with Crippen molar-refractivity contribution in [2.75, 3.05) is 10.0 Å². The Morgan fingerprint density at radius 3 is 2.34 bits per heavy atom. The highest BCUT2D eigenvalue weighted by molar-refractivity contribution is 14.1. The largest absolute Gasteiger partial charge is 0.339 e. The van der Waals surface area contributed by atoms with Crippen LogP contribution in [0, 0.1) is 16.3 Å². The first-order valence-electron chi connectivity index (χ1n) is 8.29. The number of nitrogens with one attached hydrogen (secondary N) is 2. The fraction of sp³-hybridized carbons (Fsp3) is 0.105. The van der Waals surface area contributed by atoms with Crippen molar-refractivity contribution in [2.24, 2.45) is 7.05 Å². The summed E-state index contributed by atoms with van der Waals surface area (Å²) in [5.74, 6) is -0.327. The third kappa shape index (κ3) is 4.73. The average molecular weight is 548 g/mol. The lowest BCUT2D eigenvalue weighted by molar-refractivity contribution is 0.599. The number of hydrogen-bond acceptors (Lipinski definition) is 4. The molecule has 10 heteroatoms. The van der Waals surface area contributed by atoms with Gasteiger partial charge in [0.1, 0.15) is 11.6 Å². The van der Waals surface area contributed by atoms with Gasteiger partial charge >= 0.3 is 0 Å². The smallest absolute Gasteiger partial charge is 0.262 e. The number of sulfonamides is 1. The minimum Gasteiger partial charge on any atom is -0.339 e. The van der Waals surface area contributed by atoms with Crippen molar-refractivity contribution in [1.29, 1.82) is 0 Å². The van der Waals surface area contributed by atoms with E-state index in [1.165, 1.54) is 17.7 Å². The fourth-order valence-electron chi connectivity index (χ4n) is 2.66. The van der Waals surface area contributed by atoms with Gasteiger partial charge < -0.3 is 5.32 Å². The van der Waals surface area contributed by atoms with Gasteiger partial charge in [0.15, 0.2) is 0 Å². The molecule has 152 valence electrons. The van der Waals surface area contributed by atoms with Crippen LogP contribution in [-0.4, -0.2) is 13.0 Å². The number of pyridine rings is 1. The number of rotatable bonds is 5. The summed E-state index contributed by atoms with van der Waals surface area (Å²) >= 11 is 8.39. The molecule has 2 N–H and O–H groups in total. The highest BCUT2D eigenvalue weighted by Gasteiger charge is 2.19. The normalized spacial score (nSPS) is 11.3. The maximum Gasteiger partial charge on any atom is 0.262 e. The standard InChI is InChI=1S/C19H16ClFIN3O3S/c1-11-9-17(24-29(27,28)14-6-3-12(21)4-7-14)18(25(2)19(11)26)23-16-8-5-13(22)10-15(16)20/h3-10,23-24H,1-2H3. The van der Waals surface area contributed by atoms with Crippen LogP contribution in [-0.2, 0) is 17.1 Å². The van der Waals surface area contributed by atoms with Crippen molar-refractivity contribution in [3.8, 4) is 0 Å². The number of aryl methyl sites for hydroxylation is 1. The second-order valence-electron chi connectivity index (χ2n) is 6.26. The third-order valence-corrected chi connectivity index (χ3v) is 6.51. The molecule has 0 saturated heterocycles. The van der Waals surface area contributed by atoms with E-state index in [9.17, 15) is 17.6 Å². The molecule has 0 spiro atoms. The van der Waals surface area contributed by atoms with E-state index in [0.717, 1.165) is 27.8 Å². The lowest BCUT2D eigenvalue weighted by atomic mass is 10.2. The van der Waals surface area contributed by atoms with E-state index < -0.39 is 15.8 Å². The highest BCUT2D eigenvalue weighted by atomic mass is 127. The zero-order valence-corrected chi connectivity index (χ0v) is 19.1. The maximum atomic E-state index is 13.1. The first kappa shape index (κ1) is 21.6. The molecule has 1 aromatic heterocycles. The van der Waals surface area contributed by atoms with Crippen molar-refractivity contribution >= 4 is 61.4 Å². The first-order chi connectivity index (χ1) is 13.6. The molecule has 3 aromatic rings. The molecule has 0 aliphatic heterocycles. The molecule has 0 unspecified atom stereocenters. The maximum absolute atomic E-state index is 13.1. The predicted octanol–water partition coefficient (Wildman–Crippen LogP) is 4.64. The highest BCUT2D eigenvalue weighted by Crippen LogP contribution is 2.31. The predicted molar refractivity (Wildman–Crippen MR) is 121 cm³/mol. The minimum atomic E-state index is -4.01. The lowest BCUT2D eigenvalue weighted by Gasteiger charge is -2.19. The van der Waals surface area contributed by atoms with Crippen LogP contribution in [0.5, 0.6) is 0 Å². The van der Waals surface area contributed by atoms with Gasteiger partial charge in [-0.3, -0.25) is 14.1 Å². The molecule has 2 aromatic carbocycles. The van der Waals surface area contributed by atoms with Crippen LogP contribution in [0.25, 0.3) is 0 Å². The number of anilines is 3. The van der Waals surface area contributed by atoms with E-state index in [1.807, 2.05) is 6.07 Å². The topological polar surface area (TPSA) is 80.2 Å². The molecule has 1 heterocycles. The molecule has 0 radical (unpaired) electrons. The van der Waals surface area contributed by atoms with Gasteiger partial charge in [0.25, 0.3) is 15.6 Å². The molecule has 0 saturated carbocycles. The summed E-state index contributed by atoms with van der Waals surface area (Å²) < 4.78 is 43.4. The minimum absolute atomic E-state index is 0.108. The third-order valence-electron chi connectivity index (χ3n) is 4.15. The number of benzene rings is 2. The number of halogens is 3. The Morgan fingerprint density at radius 1 is 1.07 bits per heavy atom. The molecule has 6 nitrogen and oxygen atoms in total. The van der Waals surface area contributed by atoms with Gasteiger partial charge in [0.05, 0.1) is 21.3 Å². The molecule has 29 heavy (non-hydrogen) atoms. The molecule has 0 atom stereocenters. The van der Waals surface area contributed by atoms with E-state index in [4.69, 9.17) is 11.6 Å². The molecule has 0 aliphatic carbocycles. The summed E-state index contributed by atoms with van der Waals surface area (Å²) in [7, 11) is -2.49. The van der Waals surface area contributed by atoms with Gasteiger partial charge in [0, 0.05) is 16.2 Å². The van der Waals surface area contributed by atoms with E-state index in [0.29, 0.717) is 16.3 Å². The molecule has 0 amide bonds. The molecule has 0 aliphatic rings. The summed E-state index contributed by atoms with van der Waals surface area (Å²) in [5, 5.41) is 3.44. The van der Waals surface area contributed by atoms with E-state index in [2.05, 4.69) is 32.6 Å². The van der Waals surface area contributed by atoms with E-state index in [-0.39, 0.29) is 22.0 Å². The summed E-state index contributed by atoms with van der Waals surface area (Å²) in [6.07, 6.45) is 0. The first-order valence-corrected chi connectivity index (χ1v) is 11.2. The molecular weight excluding hydrogens is 532 g/mol. The fourth-order valence-corrected chi connectivity index (χ4v) is 4.62. The molecular formula is C19H16ClFIN3O3S. The SMILES string of the molecule is Cc1cc(NS(=O)(=O)c2ccc(F)cc2)c(Nc2ccc(I)cc2Cl)n(C)c1=O. The zero-order chi connectivity index (χ0) is 21.3. The van der Waals surface area contributed by atoms with E-state index >= 15 is 0 Å². The van der Waals surface area contributed by atoms with E-state index in [1.54, 1.807) is 19.1 Å². The van der Waals surface area contributed by atoms with Gasteiger partial charge in [-0.1, -0.05) is 11.6 Å². The van der Waals surface area contributed by atoms with Gasteiger partial charge in [-0.05, 0) is 78.0 Å². The van der Waals surface area contributed by atoms with Crippen molar-refractivity contribution in [1.82, 2.24) is 4.57 Å². The van der Waals surface area contributed by atoms with Crippen LogP contribution in [0.3, 0.4) is 0 Å². The van der Waals surface area contributed by atoms with Crippen LogP contribution < -0.4 is 15.6 Å². The Kier molecular flexibility index (Phi) is 6.20. The Bertz CT molecular complexity index is 1240. The number of nitrogens with zero attached hydrogens (tertiary/aromatic N) is 1. The summed E-state index contributed by atoms with van der Waals surface area (Å²) in [6.45, 7) is 1.58. The lowest BCUT2D eigenvalue weighted by Crippen LogP contribution is -2.24. The number of hydrogen-bond donors (Lipinski definition) is 2. The monoisotopic (exact) mass is 547 g/mol.